The highest BCUT2D eigenvalue weighted by atomic mass is 32.1. The minimum Gasteiger partial charge on any atom is -0.459 e. The second-order valence-electron chi connectivity index (χ2n) is 6.27. The number of thiophene rings is 1. The summed E-state index contributed by atoms with van der Waals surface area (Å²) in [4.78, 5) is 27.0. The van der Waals surface area contributed by atoms with Crippen molar-refractivity contribution in [3.63, 3.8) is 0 Å². The van der Waals surface area contributed by atoms with E-state index >= 15 is 0 Å². The fraction of sp³-hybridized carbons (Fsp3) is 0.412. The van der Waals surface area contributed by atoms with Gasteiger partial charge in [-0.25, -0.2) is 0 Å². The summed E-state index contributed by atoms with van der Waals surface area (Å²) in [6.45, 7) is 1.49. The number of likely N-dealkylation sites (tertiary alicyclic amines) is 1. The lowest BCUT2D eigenvalue weighted by molar-refractivity contribution is 0.0749. The Hall–Kier alpha value is -2.12. The van der Waals surface area contributed by atoms with Crippen LogP contribution in [0.3, 0.4) is 0 Å². The minimum atomic E-state index is -0.340. The number of hydrogen-bond acceptors (Lipinski definition) is 5. The van der Waals surface area contributed by atoms with Crippen LogP contribution in [-0.4, -0.2) is 41.9 Å². The Kier molecular flexibility index (Phi) is 4.12. The molecular formula is C17H19N3O3S. The van der Waals surface area contributed by atoms with Gasteiger partial charge < -0.3 is 20.0 Å². The summed E-state index contributed by atoms with van der Waals surface area (Å²) < 4.78 is 5.10. The van der Waals surface area contributed by atoms with Crippen LogP contribution in [0.5, 0.6) is 0 Å². The highest BCUT2D eigenvalue weighted by Gasteiger charge is 2.32. The number of furan rings is 1. The lowest BCUT2D eigenvalue weighted by Gasteiger charge is -2.24. The van der Waals surface area contributed by atoms with Crippen molar-refractivity contribution in [2.45, 2.75) is 31.3 Å². The summed E-state index contributed by atoms with van der Waals surface area (Å²) in [5.41, 5.74) is 0.553. The van der Waals surface area contributed by atoms with Crippen molar-refractivity contribution in [1.29, 1.82) is 0 Å². The van der Waals surface area contributed by atoms with Gasteiger partial charge >= 0.3 is 0 Å². The summed E-state index contributed by atoms with van der Waals surface area (Å²) in [6.07, 6.45) is 4.77. The topological polar surface area (TPSA) is 74.6 Å². The molecule has 2 aliphatic heterocycles. The lowest BCUT2D eigenvalue weighted by atomic mass is 10.1. The molecule has 2 atom stereocenters. The standard InChI is InChI=1S/C17H19N3O3S/c21-15(14-2-1-8-23-14)19-16-13(6-9-24-16)17(22)20-7-5-11-3-4-12(10-20)18-11/h1-2,6,8-9,11-12,18H,3-5,7,10H2,(H,19,21). The SMILES string of the molecule is O=C(Nc1sccc1C(=O)N1CCC2CCC(C1)N2)c1ccco1. The highest BCUT2D eigenvalue weighted by molar-refractivity contribution is 7.14. The number of anilines is 1. The van der Waals surface area contributed by atoms with E-state index in [0.717, 1.165) is 25.9 Å². The smallest absolute Gasteiger partial charge is 0.291 e. The average Bonchev–Trinajstić information content (AvgIpc) is 3.28. The van der Waals surface area contributed by atoms with Gasteiger partial charge in [-0.15, -0.1) is 11.3 Å². The first kappa shape index (κ1) is 15.4. The Bertz CT molecular complexity index is 740. The van der Waals surface area contributed by atoms with Crippen LogP contribution in [-0.2, 0) is 0 Å². The predicted molar refractivity (Wildman–Crippen MR) is 91.4 cm³/mol. The van der Waals surface area contributed by atoms with Gasteiger partial charge in [0.25, 0.3) is 11.8 Å². The van der Waals surface area contributed by atoms with Gasteiger partial charge in [-0.05, 0) is 42.8 Å². The van der Waals surface area contributed by atoms with Crippen molar-refractivity contribution < 1.29 is 14.0 Å². The Morgan fingerprint density at radius 2 is 2.12 bits per heavy atom. The summed E-state index contributed by atoms with van der Waals surface area (Å²) in [7, 11) is 0. The molecule has 2 amide bonds. The van der Waals surface area contributed by atoms with E-state index in [-0.39, 0.29) is 17.6 Å². The van der Waals surface area contributed by atoms with E-state index in [9.17, 15) is 9.59 Å². The van der Waals surface area contributed by atoms with Crippen molar-refractivity contribution in [3.8, 4) is 0 Å². The van der Waals surface area contributed by atoms with Crippen LogP contribution < -0.4 is 10.6 Å². The first-order valence-corrected chi connectivity index (χ1v) is 9.06. The molecule has 0 radical (unpaired) electrons. The number of fused-ring (bicyclic) bond motifs is 2. The molecule has 2 unspecified atom stereocenters. The van der Waals surface area contributed by atoms with Crippen LogP contribution in [0.15, 0.2) is 34.3 Å². The maximum atomic E-state index is 12.9. The van der Waals surface area contributed by atoms with Crippen molar-refractivity contribution in [3.05, 3.63) is 41.2 Å². The molecule has 24 heavy (non-hydrogen) atoms. The van der Waals surface area contributed by atoms with Gasteiger partial charge in [-0.2, -0.15) is 0 Å². The van der Waals surface area contributed by atoms with Crippen LogP contribution in [0.1, 0.15) is 40.2 Å². The van der Waals surface area contributed by atoms with Gasteiger partial charge in [0.1, 0.15) is 5.00 Å². The molecule has 0 spiro atoms. The Labute approximate surface area is 143 Å². The fourth-order valence-corrected chi connectivity index (χ4v) is 4.22. The summed E-state index contributed by atoms with van der Waals surface area (Å²) in [5.74, 6) is -0.119. The molecule has 2 N–H and O–H groups in total. The molecule has 2 saturated heterocycles. The molecule has 4 heterocycles. The maximum Gasteiger partial charge on any atom is 0.291 e. The number of rotatable bonds is 3. The number of nitrogens with zero attached hydrogens (tertiary/aromatic N) is 1. The number of nitrogens with one attached hydrogen (secondary N) is 2. The van der Waals surface area contributed by atoms with E-state index in [1.807, 2.05) is 10.3 Å². The van der Waals surface area contributed by atoms with Crippen molar-refractivity contribution in [1.82, 2.24) is 10.2 Å². The molecule has 7 heteroatoms. The Balaban J connectivity index is 1.49. The molecule has 0 aromatic carbocycles. The fourth-order valence-electron chi connectivity index (χ4n) is 3.44. The third-order valence-corrected chi connectivity index (χ3v) is 5.51. The predicted octanol–water partition coefficient (Wildman–Crippen LogP) is 2.56. The molecule has 2 aromatic heterocycles. The van der Waals surface area contributed by atoms with Crippen LogP contribution in [0, 0.1) is 0 Å². The summed E-state index contributed by atoms with van der Waals surface area (Å²) in [5, 5.41) is 8.76. The molecule has 0 aliphatic carbocycles. The number of carbonyl (C=O) groups is 2. The molecule has 0 saturated carbocycles. The summed E-state index contributed by atoms with van der Waals surface area (Å²) in [6, 6.07) is 5.96. The van der Waals surface area contributed by atoms with E-state index in [0.29, 0.717) is 22.6 Å². The molecule has 6 nitrogen and oxygen atoms in total. The third kappa shape index (κ3) is 2.97. The zero-order valence-electron chi connectivity index (χ0n) is 13.2. The van der Waals surface area contributed by atoms with Crippen molar-refractivity contribution in [2.75, 3.05) is 18.4 Å². The number of hydrogen-bond donors (Lipinski definition) is 2. The molecule has 2 aromatic rings. The molecular weight excluding hydrogens is 326 g/mol. The van der Waals surface area contributed by atoms with Crippen molar-refractivity contribution in [2.24, 2.45) is 0 Å². The molecule has 2 fully saturated rings. The van der Waals surface area contributed by atoms with Crippen LogP contribution in [0.2, 0.25) is 0 Å². The molecule has 126 valence electrons. The zero-order valence-corrected chi connectivity index (χ0v) is 14.0. The first-order chi connectivity index (χ1) is 11.7. The van der Waals surface area contributed by atoms with E-state index < -0.39 is 0 Å². The quantitative estimate of drug-likeness (QED) is 0.896. The number of amides is 2. The average molecular weight is 345 g/mol. The maximum absolute atomic E-state index is 12.9. The Morgan fingerprint density at radius 3 is 2.96 bits per heavy atom. The molecule has 4 rings (SSSR count). The van der Waals surface area contributed by atoms with Gasteiger partial charge in [0.15, 0.2) is 5.76 Å². The largest absolute Gasteiger partial charge is 0.459 e. The van der Waals surface area contributed by atoms with E-state index in [4.69, 9.17) is 4.42 Å². The monoisotopic (exact) mass is 345 g/mol. The van der Waals surface area contributed by atoms with Crippen LogP contribution >= 0.6 is 11.3 Å². The molecule has 2 aliphatic rings. The summed E-state index contributed by atoms with van der Waals surface area (Å²) >= 11 is 1.35. The molecule has 2 bridgehead atoms. The minimum absolute atomic E-state index is 0.0136. The van der Waals surface area contributed by atoms with E-state index in [1.165, 1.54) is 24.0 Å². The highest BCUT2D eigenvalue weighted by Crippen LogP contribution is 2.27. The zero-order chi connectivity index (χ0) is 16.5. The van der Waals surface area contributed by atoms with Crippen LogP contribution in [0.4, 0.5) is 5.00 Å². The Morgan fingerprint density at radius 1 is 1.25 bits per heavy atom. The van der Waals surface area contributed by atoms with Gasteiger partial charge in [0.2, 0.25) is 0 Å². The van der Waals surface area contributed by atoms with Crippen molar-refractivity contribution >= 4 is 28.2 Å². The third-order valence-electron chi connectivity index (χ3n) is 4.68. The number of carbonyl (C=O) groups excluding carboxylic acids is 2. The van der Waals surface area contributed by atoms with Crippen LogP contribution in [0.25, 0.3) is 0 Å². The second kappa shape index (κ2) is 6.41. The van der Waals surface area contributed by atoms with E-state index in [1.54, 1.807) is 18.2 Å². The van der Waals surface area contributed by atoms with Gasteiger partial charge in [0, 0.05) is 25.2 Å². The van der Waals surface area contributed by atoms with Gasteiger partial charge in [-0.1, -0.05) is 0 Å². The van der Waals surface area contributed by atoms with Gasteiger partial charge in [0.05, 0.1) is 11.8 Å². The van der Waals surface area contributed by atoms with E-state index in [2.05, 4.69) is 10.6 Å². The van der Waals surface area contributed by atoms with Gasteiger partial charge in [-0.3, -0.25) is 9.59 Å². The first-order valence-electron chi connectivity index (χ1n) is 8.18. The normalized spacial score (nSPS) is 23.1. The second-order valence-corrected chi connectivity index (χ2v) is 7.19. The lowest BCUT2D eigenvalue weighted by Crippen LogP contribution is -2.39.